The zero-order valence-electron chi connectivity index (χ0n) is 9.84. The molecular weight excluding hydrogens is 274 g/mol. The number of hydrogen-bond acceptors (Lipinski definition) is 7. The summed E-state index contributed by atoms with van der Waals surface area (Å²) < 4.78 is 9.55. The molecule has 18 heavy (non-hydrogen) atoms. The second-order valence-corrected chi connectivity index (χ2v) is 5.65. The number of nitrogens with zero attached hydrogens (tertiary/aromatic N) is 5. The fourth-order valence-electron chi connectivity index (χ4n) is 2.24. The minimum Gasteiger partial charge on any atom is -0.340 e. The lowest BCUT2D eigenvalue weighted by atomic mass is 10.2. The zero-order chi connectivity index (χ0) is 12.5. The van der Waals surface area contributed by atoms with Crippen molar-refractivity contribution in [2.24, 2.45) is 0 Å². The van der Waals surface area contributed by atoms with Crippen molar-refractivity contribution < 1.29 is 4.52 Å². The Morgan fingerprint density at radius 2 is 2.44 bits per heavy atom. The van der Waals surface area contributed by atoms with Crippen LogP contribution >= 0.6 is 23.1 Å². The maximum Gasteiger partial charge on any atom is 0.223 e. The summed E-state index contributed by atoms with van der Waals surface area (Å²) >= 11 is 7.25. The summed E-state index contributed by atoms with van der Waals surface area (Å²) in [4.78, 5) is 6.58. The van der Waals surface area contributed by atoms with Crippen LogP contribution in [0, 0.1) is 6.92 Å². The molecule has 6 nitrogen and oxygen atoms in total. The van der Waals surface area contributed by atoms with Gasteiger partial charge in [0, 0.05) is 25.0 Å². The Morgan fingerprint density at radius 1 is 1.56 bits per heavy atom. The van der Waals surface area contributed by atoms with Crippen LogP contribution in [0.15, 0.2) is 4.52 Å². The van der Waals surface area contributed by atoms with Crippen LogP contribution < -0.4 is 0 Å². The maximum absolute atomic E-state index is 6.03. The van der Waals surface area contributed by atoms with Crippen LogP contribution in [-0.2, 0) is 6.54 Å². The van der Waals surface area contributed by atoms with Gasteiger partial charge in [0.25, 0.3) is 0 Å². The summed E-state index contributed by atoms with van der Waals surface area (Å²) in [6, 6.07) is 0.195. The van der Waals surface area contributed by atoms with E-state index in [4.69, 9.17) is 16.1 Å². The largest absolute Gasteiger partial charge is 0.340 e. The van der Waals surface area contributed by atoms with Crippen LogP contribution in [0.3, 0.4) is 0 Å². The van der Waals surface area contributed by atoms with Crippen LogP contribution in [-0.4, -0.2) is 31.2 Å². The lowest BCUT2D eigenvalue weighted by Crippen LogP contribution is -2.24. The van der Waals surface area contributed by atoms with Crippen LogP contribution in [0.2, 0.25) is 4.34 Å². The maximum atomic E-state index is 6.03. The molecule has 2 aromatic rings. The average molecular weight is 286 g/mol. The van der Waals surface area contributed by atoms with Crippen molar-refractivity contribution in [2.75, 3.05) is 6.54 Å². The third-order valence-electron chi connectivity index (χ3n) is 3.07. The predicted molar refractivity (Wildman–Crippen MR) is 66.3 cm³/mol. The number of aromatic nitrogens is 4. The molecule has 0 aromatic carbocycles. The first-order valence-electron chi connectivity index (χ1n) is 5.75. The number of rotatable bonds is 3. The monoisotopic (exact) mass is 285 g/mol. The molecule has 0 N–H and O–H groups in total. The summed E-state index contributed by atoms with van der Waals surface area (Å²) in [6.45, 7) is 3.48. The molecule has 1 aliphatic rings. The van der Waals surface area contributed by atoms with Gasteiger partial charge in [-0.2, -0.15) is 4.98 Å². The molecule has 0 spiro atoms. The van der Waals surface area contributed by atoms with E-state index < -0.39 is 0 Å². The van der Waals surface area contributed by atoms with Crippen molar-refractivity contribution >= 4 is 23.1 Å². The summed E-state index contributed by atoms with van der Waals surface area (Å²) in [6.07, 6.45) is 2.15. The van der Waals surface area contributed by atoms with E-state index in [1.165, 1.54) is 11.5 Å². The molecule has 1 saturated heterocycles. The Balaban J connectivity index is 1.77. The molecule has 0 bridgehead atoms. The van der Waals surface area contributed by atoms with Gasteiger partial charge in [0.1, 0.15) is 10.0 Å². The zero-order valence-corrected chi connectivity index (χ0v) is 11.4. The van der Waals surface area contributed by atoms with E-state index >= 15 is 0 Å². The highest BCUT2D eigenvalue weighted by Gasteiger charge is 2.30. The fraction of sp³-hybridized carbons (Fsp3) is 0.600. The fourth-order valence-corrected chi connectivity index (χ4v) is 2.85. The summed E-state index contributed by atoms with van der Waals surface area (Å²) in [7, 11) is 0. The van der Waals surface area contributed by atoms with Crippen LogP contribution in [0.5, 0.6) is 0 Å². The molecule has 1 aliphatic heterocycles. The van der Waals surface area contributed by atoms with E-state index in [2.05, 4.69) is 24.6 Å². The Bertz CT molecular complexity index is 542. The van der Waals surface area contributed by atoms with E-state index in [1.807, 2.05) is 0 Å². The Labute approximate surface area is 113 Å². The highest BCUT2D eigenvalue weighted by molar-refractivity contribution is 7.10. The van der Waals surface area contributed by atoms with Gasteiger partial charge >= 0.3 is 0 Å². The van der Waals surface area contributed by atoms with E-state index in [1.54, 1.807) is 6.92 Å². The van der Waals surface area contributed by atoms with Crippen molar-refractivity contribution in [1.29, 1.82) is 0 Å². The van der Waals surface area contributed by atoms with Gasteiger partial charge in [-0.05, 0) is 19.4 Å². The molecule has 1 atom stereocenters. The van der Waals surface area contributed by atoms with Gasteiger partial charge in [-0.3, -0.25) is 4.90 Å². The molecule has 1 fully saturated rings. The second kappa shape index (κ2) is 4.91. The normalized spacial score (nSPS) is 20.7. The summed E-state index contributed by atoms with van der Waals surface area (Å²) in [5.74, 6) is 1.36. The lowest BCUT2D eigenvalue weighted by Gasteiger charge is -2.20. The van der Waals surface area contributed by atoms with Crippen molar-refractivity contribution in [1.82, 2.24) is 24.6 Å². The first-order chi connectivity index (χ1) is 8.74. The number of likely N-dealkylation sites (tertiary alicyclic amines) is 1. The number of aryl methyl sites for hydroxylation is 1. The molecule has 1 unspecified atom stereocenters. The standard InChI is InChI=1S/C10H12ClN5OS/c1-6-12-10(14-17-6)8-3-2-4-16(8)5-7-9(11)18-15-13-7/h8H,2-5H2,1H3. The molecule has 0 amide bonds. The van der Waals surface area contributed by atoms with Gasteiger partial charge in [-0.15, -0.1) is 5.10 Å². The second-order valence-electron chi connectivity index (χ2n) is 4.29. The quantitative estimate of drug-likeness (QED) is 0.861. The molecule has 8 heteroatoms. The predicted octanol–water partition coefficient (Wildman–Crippen LogP) is 2.22. The highest BCUT2D eigenvalue weighted by atomic mass is 35.5. The minimum atomic E-state index is 0.195. The van der Waals surface area contributed by atoms with E-state index in [0.29, 0.717) is 16.8 Å². The Kier molecular flexibility index (Phi) is 3.27. The third-order valence-corrected chi connectivity index (χ3v) is 4.05. The van der Waals surface area contributed by atoms with Crippen molar-refractivity contribution in [2.45, 2.75) is 32.4 Å². The molecule has 96 valence electrons. The SMILES string of the molecule is Cc1nc(C2CCCN2Cc2nnsc2Cl)no1. The summed E-state index contributed by atoms with van der Waals surface area (Å²) in [5.41, 5.74) is 0.828. The first kappa shape index (κ1) is 12.0. The van der Waals surface area contributed by atoms with Crippen LogP contribution in [0.1, 0.15) is 36.3 Å². The van der Waals surface area contributed by atoms with Gasteiger partial charge in [-0.25, -0.2) is 0 Å². The Morgan fingerprint density at radius 3 is 3.11 bits per heavy atom. The van der Waals surface area contributed by atoms with Crippen LogP contribution in [0.4, 0.5) is 0 Å². The number of halogens is 1. The lowest BCUT2D eigenvalue weighted by molar-refractivity contribution is 0.231. The third kappa shape index (κ3) is 2.25. The highest BCUT2D eigenvalue weighted by Crippen LogP contribution is 2.32. The molecule has 2 aromatic heterocycles. The van der Waals surface area contributed by atoms with Crippen LogP contribution in [0.25, 0.3) is 0 Å². The van der Waals surface area contributed by atoms with E-state index in [9.17, 15) is 0 Å². The molecule has 3 heterocycles. The van der Waals surface area contributed by atoms with E-state index in [0.717, 1.165) is 30.9 Å². The average Bonchev–Trinajstić information content (AvgIpc) is 3.03. The van der Waals surface area contributed by atoms with Crippen molar-refractivity contribution in [3.05, 3.63) is 21.7 Å². The minimum absolute atomic E-state index is 0.195. The van der Waals surface area contributed by atoms with Gasteiger partial charge in [-0.1, -0.05) is 21.2 Å². The van der Waals surface area contributed by atoms with Crippen molar-refractivity contribution in [3.63, 3.8) is 0 Å². The molecular formula is C10H12ClN5OS. The smallest absolute Gasteiger partial charge is 0.223 e. The molecule has 0 aliphatic carbocycles. The van der Waals surface area contributed by atoms with E-state index in [-0.39, 0.29) is 6.04 Å². The van der Waals surface area contributed by atoms with Gasteiger partial charge < -0.3 is 4.52 Å². The number of hydrogen-bond donors (Lipinski definition) is 0. The van der Waals surface area contributed by atoms with Crippen molar-refractivity contribution in [3.8, 4) is 0 Å². The molecule has 0 saturated carbocycles. The van der Waals surface area contributed by atoms with Gasteiger partial charge in [0.15, 0.2) is 5.82 Å². The Hall–Kier alpha value is -1.05. The van der Waals surface area contributed by atoms with Gasteiger partial charge in [0.2, 0.25) is 5.89 Å². The topological polar surface area (TPSA) is 67.9 Å². The molecule has 0 radical (unpaired) electrons. The summed E-state index contributed by atoms with van der Waals surface area (Å²) in [5, 5.41) is 8.05. The van der Waals surface area contributed by atoms with Gasteiger partial charge in [0.05, 0.1) is 6.04 Å². The first-order valence-corrected chi connectivity index (χ1v) is 6.90. The molecule has 3 rings (SSSR count).